The molecule has 2 heteroatoms. The number of benzene rings is 1. The highest BCUT2D eigenvalue weighted by atomic mass is 79.9. The molecule has 0 aliphatic heterocycles. The molecule has 1 aromatic carbocycles. The van der Waals surface area contributed by atoms with Crippen molar-refractivity contribution >= 4 is 15.9 Å². The molecule has 1 N–H and O–H groups in total. The monoisotopic (exact) mass is 242 g/mol. The average molecular weight is 243 g/mol. The van der Waals surface area contributed by atoms with Crippen molar-refractivity contribution in [2.24, 2.45) is 0 Å². The fourth-order valence-electron chi connectivity index (χ4n) is 1.26. The summed E-state index contributed by atoms with van der Waals surface area (Å²) in [6, 6.07) is 6.17. The Bertz CT molecular complexity index is 283. The molecule has 0 aromatic heterocycles. The van der Waals surface area contributed by atoms with Gasteiger partial charge in [-0.25, -0.2) is 0 Å². The molecular weight excluding hydrogens is 228 g/mol. The topological polar surface area (TPSA) is 20.2 Å². The van der Waals surface area contributed by atoms with Gasteiger partial charge in [-0.05, 0) is 43.0 Å². The van der Waals surface area contributed by atoms with E-state index >= 15 is 0 Å². The summed E-state index contributed by atoms with van der Waals surface area (Å²) < 4.78 is 1.08. The molecule has 0 saturated carbocycles. The van der Waals surface area contributed by atoms with Crippen LogP contribution in [0.25, 0.3) is 0 Å². The van der Waals surface area contributed by atoms with E-state index in [0.29, 0.717) is 0 Å². The van der Waals surface area contributed by atoms with Gasteiger partial charge in [0.25, 0.3) is 0 Å². The lowest BCUT2D eigenvalue weighted by molar-refractivity contribution is 0.170. The number of aliphatic hydroxyl groups excluding tert-OH is 1. The first-order valence-electron chi connectivity index (χ1n) is 4.56. The largest absolute Gasteiger partial charge is 0.393 e. The van der Waals surface area contributed by atoms with Crippen LogP contribution in [0.4, 0.5) is 0 Å². The van der Waals surface area contributed by atoms with E-state index in [2.05, 4.69) is 35.0 Å². The highest BCUT2D eigenvalue weighted by molar-refractivity contribution is 9.10. The highest BCUT2D eigenvalue weighted by Gasteiger charge is 2.05. The Morgan fingerprint density at radius 2 is 2.15 bits per heavy atom. The first-order chi connectivity index (χ1) is 6.13. The Labute approximate surface area is 87.9 Å². The van der Waals surface area contributed by atoms with Crippen molar-refractivity contribution in [3.63, 3.8) is 0 Å². The van der Waals surface area contributed by atoms with Crippen LogP contribution in [0.3, 0.4) is 0 Å². The van der Waals surface area contributed by atoms with Crippen LogP contribution in [0.15, 0.2) is 22.7 Å². The summed E-state index contributed by atoms with van der Waals surface area (Å²) in [7, 11) is 0. The van der Waals surface area contributed by atoms with Gasteiger partial charge in [0.05, 0.1) is 6.10 Å². The van der Waals surface area contributed by atoms with Gasteiger partial charge in [0.1, 0.15) is 0 Å². The first-order valence-corrected chi connectivity index (χ1v) is 5.36. The summed E-state index contributed by atoms with van der Waals surface area (Å²) in [5.74, 6) is 0. The van der Waals surface area contributed by atoms with Gasteiger partial charge >= 0.3 is 0 Å². The van der Waals surface area contributed by atoms with Gasteiger partial charge in [0, 0.05) is 4.47 Å². The predicted molar refractivity (Wildman–Crippen MR) is 58.9 cm³/mol. The van der Waals surface area contributed by atoms with Gasteiger partial charge < -0.3 is 5.11 Å². The van der Waals surface area contributed by atoms with Crippen LogP contribution in [-0.4, -0.2) is 11.2 Å². The maximum Gasteiger partial charge on any atom is 0.0578 e. The minimum atomic E-state index is -0.215. The molecule has 1 atom stereocenters. The Morgan fingerprint density at radius 1 is 1.46 bits per heavy atom. The SMILES string of the molecule is CCC(O)Cc1cc(Br)ccc1C. The molecule has 0 aliphatic carbocycles. The maximum absolute atomic E-state index is 9.51. The molecular formula is C11H15BrO. The van der Waals surface area contributed by atoms with Gasteiger partial charge in [-0.3, -0.25) is 0 Å². The van der Waals surface area contributed by atoms with Crippen molar-refractivity contribution in [3.8, 4) is 0 Å². The van der Waals surface area contributed by atoms with E-state index in [1.807, 2.05) is 13.0 Å². The van der Waals surface area contributed by atoms with Crippen molar-refractivity contribution in [2.75, 3.05) is 0 Å². The molecule has 1 rings (SSSR count). The quantitative estimate of drug-likeness (QED) is 0.864. The van der Waals surface area contributed by atoms with E-state index in [1.165, 1.54) is 11.1 Å². The smallest absolute Gasteiger partial charge is 0.0578 e. The van der Waals surface area contributed by atoms with E-state index in [1.54, 1.807) is 0 Å². The second-order valence-corrected chi connectivity index (χ2v) is 4.25. The zero-order valence-electron chi connectivity index (χ0n) is 8.05. The van der Waals surface area contributed by atoms with Crippen LogP contribution in [0.1, 0.15) is 24.5 Å². The molecule has 0 heterocycles. The molecule has 0 fully saturated rings. The minimum Gasteiger partial charge on any atom is -0.393 e. The van der Waals surface area contributed by atoms with Crippen molar-refractivity contribution in [1.82, 2.24) is 0 Å². The first kappa shape index (κ1) is 10.7. The van der Waals surface area contributed by atoms with Crippen LogP contribution >= 0.6 is 15.9 Å². The second kappa shape index (κ2) is 4.77. The zero-order chi connectivity index (χ0) is 9.84. The molecule has 0 saturated heterocycles. The van der Waals surface area contributed by atoms with Gasteiger partial charge in [0.15, 0.2) is 0 Å². The molecule has 1 nitrogen and oxygen atoms in total. The summed E-state index contributed by atoms with van der Waals surface area (Å²) in [5.41, 5.74) is 2.47. The fourth-order valence-corrected chi connectivity index (χ4v) is 1.67. The fraction of sp³-hybridized carbons (Fsp3) is 0.455. The van der Waals surface area contributed by atoms with Crippen LogP contribution < -0.4 is 0 Å². The lowest BCUT2D eigenvalue weighted by Crippen LogP contribution is -2.09. The van der Waals surface area contributed by atoms with Gasteiger partial charge in [-0.1, -0.05) is 28.9 Å². The lowest BCUT2D eigenvalue weighted by atomic mass is 10.0. The molecule has 1 aromatic rings. The van der Waals surface area contributed by atoms with Crippen LogP contribution in [-0.2, 0) is 6.42 Å². The normalized spacial score (nSPS) is 12.9. The zero-order valence-corrected chi connectivity index (χ0v) is 9.63. The van der Waals surface area contributed by atoms with E-state index < -0.39 is 0 Å². The number of hydrogen-bond acceptors (Lipinski definition) is 1. The third-order valence-electron chi connectivity index (χ3n) is 2.24. The molecule has 72 valence electrons. The number of aliphatic hydroxyl groups is 1. The maximum atomic E-state index is 9.51. The molecule has 13 heavy (non-hydrogen) atoms. The average Bonchev–Trinajstić information content (AvgIpc) is 2.11. The molecule has 0 spiro atoms. The summed E-state index contributed by atoms with van der Waals surface area (Å²) >= 11 is 3.43. The Balaban J connectivity index is 2.81. The van der Waals surface area contributed by atoms with Gasteiger partial charge in [-0.15, -0.1) is 0 Å². The Hall–Kier alpha value is -0.340. The van der Waals surface area contributed by atoms with Crippen molar-refractivity contribution < 1.29 is 5.11 Å². The lowest BCUT2D eigenvalue weighted by Gasteiger charge is -2.10. The van der Waals surface area contributed by atoms with Crippen molar-refractivity contribution in [1.29, 1.82) is 0 Å². The third-order valence-corrected chi connectivity index (χ3v) is 2.73. The van der Waals surface area contributed by atoms with Crippen LogP contribution in [0.2, 0.25) is 0 Å². The third kappa shape index (κ3) is 3.12. The second-order valence-electron chi connectivity index (χ2n) is 3.34. The Morgan fingerprint density at radius 3 is 2.77 bits per heavy atom. The number of aryl methyl sites for hydroxylation is 1. The number of hydrogen-bond donors (Lipinski definition) is 1. The van der Waals surface area contributed by atoms with Crippen LogP contribution in [0, 0.1) is 6.92 Å². The minimum absolute atomic E-state index is 0.215. The molecule has 1 unspecified atom stereocenters. The number of rotatable bonds is 3. The van der Waals surface area contributed by atoms with Gasteiger partial charge in [-0.2, -0.15) is 0 Å². The van der Waals surface area contributed by atoms with E-state index in [9.17, 15) is 5.11 Å². The summed E-state index contributed by atoms with van der Waals surface area (Å²) in [5, 5.41) is 9.51. The summed E-state index contributed by atoms with van der Waals surface area (Å²) in [4.78, 5) is 0. The summed E-state index contributed by atoms with van der Waals surface area (Å²) in [6.07, 6.45) is 1.35. The molecule has 0 aliphatic rings. The molecule has 0 amide bonds. The number of halogens is 1. The Kier molecular flexibility index (Phi) is 3.94. The van der Waals surface area contributed by atoms with Crippen molar-refractivity contribution in [2.45, 2.75) is 32.8 Å². The van der Waals surface area contributed by atoms with Gasteiger partial charge in [0.2, 0.25) is 0 Å². The highest BCUT2D eigenvalue weighted by Crippen LogP contribution is 2.17. The summed E-state index contributed by atoms with van der Waals surface area (Å²) in [6.45, 7) is 4.07. The van der Waals surface area contributed by atoms with E-state index in [4.69, 9.17) is 0 Å². The molecule has 0 bridgehead atoms. The standard InChI is InChI=1S/C11H15BrO/c1-3-11(13)7-9-6-10(12)5-4-8(9)2/h4-6,11,13H,3,7H2,1-2H3. The molecule has 0 radical (unpaired) electrons. The predicted octanol–water partition coefficient (Wildman–Crippen LogP) is 3.07. The van der Waals surface area contributed by atoms with E-state index in [-0.39, 0.29) is 6.10 Å². The van der Waals surface area contributed by atoms with Crippen molar-refractivity contribution in [3.05, 3.63) is 33.8 Å². The van der Waals surface area contributed by atoms with Crippen LogP contribution in [0.5, 0.6) is 0 Å². The van der Waals surface area contributed by atoms with E-state index in [0.717, 1.165) is 17.3 Å².